The molecule has 6 aromatic rings. The fourth-order valence-electron chi connectivity index (χ4n) is 6.27. The van der Waals surface area contributed by atoms with Gasteiger partial charge in [-0.1, -0.05) is 85.3 Å². The van der Waals surface area contributed by atoms with Crippen molar-refractivity contribution in [3.8, 4) is 22.9 Å². The van der Waals surface area contributed by atoms with E-state index in [4.69, 9.17) is 21.3 Å². The zero-order valence-electron chi connectivity index (χ0n) is 25.0. The second-order valence-corrected chi connectivity index (χ2v) is 13.4. The summed E-state index contributed by atoms with van der Waals surface area (Å²) in [6.07, 6.45) is 4.49. The Morgan fingerprint density at radius 1 is 0.911 bits per heavy atom. The average molecular weight is 626 g/mol. The summed E-state index contributed by atoms with van der Waals surface area (Å²) in [6, 6.07) is 37.2. The zero-order chi connectivity index (χ0) is 30.8. The summed E-state index contributed by atoms with van der Waals surface area (Å²) < 4.78 is 8.98. The summed E-state index contributed by atoms with van der Waals surface area (Å²) >= 11 is 8.19. The molecule has 222 valence electrons. The minimum absolute atomic E-state index is 0.408. The Bertz CT molecular complexity index is 2010. The molecule has 4 aromatic carbocycles. The van der Waals surface area contributed by atoms with Gasteiger partial charge in [-0.2, -0.15) is 5.26 Å². The quantitative estimate of drug-likeness (QED) is 0.160. The van der Waals surface area contributed by atoms with Crippen LogP contribution in [0.3, 0.4) is 0 Å². The summed E-state index contributed by atoms with van der Waals surface area (Å²) in [6.45, 7) is 3.45. The molecule has 0 saturated carbocycles. The van der Waals surface area contributed by atoms with Crippen LogP contribution in [0.15, 0.2) is 114 Å². The molecule has 45 heavy (non-hydrogen) atoms. The molecule has 0 aliphatic carbocycles. The molecule has 6 heteroatoms. The summed E-state index contributed by atoms with van der Waals surface area (Å²) in [4.78, 5) is 6.04. The number of aryl methyl sites for hydroxylation is 1. The van der Waals surface area contributed by atoms with Gasteiger partial charge < -0.3 is 9.30 Å². The number of thioether (sulfide) groups is 1. The van der Waals surface area contributed by atoms with Crippen LogP contribution in [0.2, 0.25) is 5.02 Å². The van der Waals surface area contributed by atoms with Gasteiger partial charge in [-0.25, -0.2) is 0 Å². The van der Waals surface area contributed by atoms with E-state index < -0.39 is 0 Å². The molecule has 2 aromatic heterocycles. The van der Waals surface area contributed by atoms with Gasteiger partial charge in [0, 0.05) is 50.1 Å². The van der Waals surface area contributed by atoms with Crippen molar-refractivity contribution >= 4 is 34.3 Å². The highest BCUT2D eigenvalue weighted by Gasteiger charge is 2.29. The Morgan fingerprint density at radius 3 is 2.49 bits per heavy atom. The van der Waals surface area contributed by atoms with Gasteiger partial charge in [0.25, 0.3) is 0 Å². The Morgan fingerprint density at radius 2 is 1.71 bits per heavy atom. The second-order valence-electron chi connectivity index (χ2n) is 11.5. The highest BCUT2D eigenvalue weighted by Crippen LogP contribution is 2.47. The van der Waals surface area contributed by atoms with Crippen molar-refractivity contribution in [3.05, 3.63) is 148 Å². The molecular formula is C39H32ClN3OS. The van der Waals surface area contributed by atoms with Gasteiger partial charge in [-0.3, -0.25) is 4.98 Å². The Labute approximate surface area is 273 Å². The Hall–Kier alpha value is -4.50. The number of hydrogen-bond donors (Lipinski definition) is 0. The number of pyridine rings is 1. The Kier molecular flexibility index (Phi) is 8.35. The van der Waals surface area contributed by atoms with Gasteiger partial charge in [0.05, 0.1) is 22.8 Å². The number of benzene rings is 4. The zero-order valence-corrected chi connectivity index (χ0v) is 26.6. The van der Waals surface area contributed by atoms with Crippen LogP contribution in [0.25, 0.3) is 22.0 Å². The first-order valence-corrected chi connectivity index (χ1v) is 16.5. The van der Waals surface area contributed by atoms with Gasteiger partial charge in [0.1, 0.15) is 12.4 Å². The van der Waals surface area contributed by atoms with Gasteiger partial charge in [0.15, 0.2) is 0 Å². The molecule has 1 aliphatic heterocycles. The van der Waals surface area contributed by atoms with Crippen LogP contribution < -0.4 is 4.74 Å². The number of nitrogens with zero attached hydrogens (tertiary/aromatic N) is 3. The molecule has 0 saturated heterocycles. The van der Waals surface area contributed by atoms with Gasteiger partial charge in [-0.15, -0.1) is 11.8 Å². The molecule has 1 aliphatic rings. The third-order valence-corrected chi connectivity index (χ3v) is 9.99. The lowest BCUT2D eigenvalue weighted by atomic mass is 10.0. The van der Waals surface area contributed by atoms with Crippen LogP contribution >= 0.6 is 23.4 Å². The summed E-state index contributed by atoms with van der Waals surface area (Å²) in [5.41, 5.74) is 9.97. The van der Waals surface area contributed by atoms with E-state index in [2.05, 4.69) is 72.2 Å². The van der Waals surface area contributed by atoms with E-state index in [0.717, 1.165) is 64.5 Å². The largest absolute Gasteiger partial charge is 0.487 e. The third kappa shape index (κ3) is 6.09. The first kappa shape index (κ1) is 29.2. The molecule has 0 spiro atoms. The highest BCUT2D eigenvalue weighted by atomic mass is 35.5. The SMILES string of the molecule is CC1Cc2c(OCc3ccc(-c4ccccc4)cn3)ccc3c2c(c(CCc2ccccc2C#N)n3Cc2ccc(Cl)cc2)S1. The van der Waals surface area contributed by atoms with Crippen LogP contribution in [0, 0.1) is 11.3 Å². The lowest BCUT2D eigenvalue weighted by molar-refractivity contribution is 0.298. The van der Waals surface area contributed by atoms with Crippen molar-refractivity contribution in [2.24, 2.45) is 0 Å². The third-order valence-electron chi connectivity index (χ3n) is 8.49. The van der Waals surface area contributed by atoms with Crippen LogP contribution in [-0.2, 0) is 32.4 Å². The van der Waals surface area contributed by atoms with Gasteiger partial charge in [0.2, 0.25) is 0 Å². The van der Waals surface area contributed by atoms with Crippen LogP contribution in [0.5, 0.6) is 5.75 Å². The van der Waals surface area contributed by atoms with Crippen LogP contribution in [0.1, 0.15) is 40.6 Å². The minimum atomic E-state index is 0.408. The second kappa shape index (κ2) is 12.9. The highest BCUT2D eigenvalue weighted by molar-refractivity contribution is 8.00. The number of hydrogen-bond acceptors (Lipinski definition) is 4. The molecule has 0 radical (unpaired) electrons. The normalized spacial score (nSPS) is 13.9. The lowest BCUT2D eigenvalue weighted by Gasteiger charge is -2.22. The molecule has 7 rings (SSSR count). The maximum Gasteiger partial charge on any atom is 0.130 e. The molecule has 3 heterocycles. The summed E-state index contributed by atoms with van der Waals surface area (Å²) in [5, 5.41) is 12.2. The molecule has 4 nitrogen and oxygen atoms in total. The number of rotatable bonds is 9. The van der Waals surface area contributed by atoms with Crippen molar-refractivity contribution < 1.29 is 4.74 Å². The number of nitriles is 1. The maximum atomic E-state index is 9.72. The molecular weight excluding hydrogens is 594 g/mol. The van der Waals surface area contributed by atoms with E-state index >= 15 is 0 Å². The molecule has 0 amide bonds. The number of halogens is 1. The van der Waals surface area contributed by atoms with E-state index in [9.17, 15) is 5.26 Å². The average Bonchev–Trinajstić information content (AvgIpc) is 3.37. The van der Waals surface area contributed by atoms with E-state index in [1.54, 1.807) is 0 Å². The minimum Gasteiger partial charge on any atom is -0.487 e. The predicted octanol–water partition coefficient (Wildman–Crippen LogP) is 9.68. The predicted molar refractivity (Wildman–Crippen MR) is 184 cm³/mol. The van der Waals surface area contributed by atoms with Crippen molar-refractivity contribution in [3.63, 3.8) is 0 Å². The Balaban J connectivity index is 1.24. The molecule has 1 unspecified atom stereocenters. The smallest absolute Gasteiger partial charge is 0.130 e. The number of aromatic nitrogens is 2. The van der Waals surface area contributed by atoms with Gasteiger partial charge >= 0.3 is 0 Å². The van der Waals surface area contributed by atoms with Crippen molar-refractivity contribution in [2.45, 2.75) is 49.5 Å². The van der Waals surface area contributed by atoms with Crippen molar-refractivity contribution in [1.29, 1.82) is 5.26 Å². The van der Waals surface area contributed by atoms with Crippen LogP contribution in [0.4, 0.5) is 0 Å². The summed E-state index contributed by atoms with van der Waals surface area (Å²) in [5.74, 6) is 0.926. The maximum absolute atomic E-state index is 9.72. The van der Waals surface area contributed by atoms with E-state index in [1.165, 1.54) is 32.6 Å². The van der Waals surface area contributed by atoms with E-state index in [0.29, 0.717) is 11.9 Å². The fourth-order valence-corrected chi connectivity index (χ4v) is 7.74. The van der Waals surface area contributed by atoms with E-state index in [1.807, 2.05) is 66.5 Å². The monoisotopic (exact) mass is 625 g/mol. The van der Waals surface area contributed by atoms with E-state index in [-0.39, 0.29) is 0 Å². The first-order chi connectivity index (χ1) is 22.1. The fraction of sp³-hybridized carbons (Fsp3) is 0.179. The number of ether oxygens (including phenoxy) is 1. The molecule has 0 N–H and O–H groups in total. The molecule has 1 atom stereocenters. The van der Waals surface area contributed by atoms with Crippen molar-refractivity contribution in [2.75, 3.05) is 0 Å². The van der Waals surface area contributed by atoms with Crippen LogP contribution in [-0.4, -0.2) is 14.8 Å². The van der Waals surface area contributed by atoms with Crippen molar-refractivity contribution in [1.82, 2.24) is 9.55 Å². The first-order valence-electron chi connectivity index (χ1n) is 15.3. The standard InChI is InChI=1S/C39H32ClN3OS/c1-26-21-34-37(44-25-33-17-13-31(23-42-33)28-7-3-2-4-8-28)20-19-35-38(34)39(45-26)36(18-14-29-9-5-6-10-30(29)22-41)43(35)24-27-11-15-32(40)16-12-27/h2-13,15-17,19-20,23,26H,14,18,21,24-25H2,1H3. The molecule has 0 bridgehead atoms. The molecule has 0 fully saturated rings. The lowest BCUT2D eigenvalue weighted by Crippen LogP contribution is -2.10. The summed E-state index contributed by atoms with van der Waals surface area (Å²) in [7, 11) is 0. The topological polar surface area (TPSA) is 50.8 Å². The van der Waals surface area contributed by atoms with Gasteiger partial charge in [-0.05, 0) is 72.4 Å².